The van der Waals surface area contributed by atoms with E-state index in [1.54, 1.807) is 13.2 Å². The number of allylic oxidation sites excluding steroid dienone is 4. The van der Waals surface area contributed by atoms with E-state index in [1.807, 2.05) is 30.0 Å². The van der Waals surface area contributed by atoms with Crippen LogP contribution in [-0.4, -0.2) is 22.4 Å². The molecule has 0 aliphatic heterocycles. The summed E-state index contributed by atoms with van der Waals surface area (Å²) >= 11 is 5.68. The number of hydrogen-bond donors (Lipinski definition) is 0. The number of anilines is 1. The maximum Gasteiger partial charge on any atom is 0.162 e. The lowest BCUT2D eigenvalue weighted by Crippen LogP contribution is -2.27. The summed E-state index contributed by atoms with van der Waals surface area (Å²) in [5, 5.41) is 1.06. The topological polar surface area (TPSA) is 34.5 Å². The summed E-state index contributed by atoms with van der Waals surface area (Å²) in [5.41, 5.74) is 3.84. The Hall–Kier alpha value is -2.66. The van der Waals surface area contributed by atoms with E-state index in [0.717, 1.165) is 33.6 Å². The number of ether oxygens (including phenoxy) is 1. The third-order valence-electron chi connectivity index (χ3n) is 5.84. The second-order valence-corrected chi connectivity index (χ2v) is 9.23. The monoisotopic (exact) mass is 436 g/mol. The van der Waals surface area contributed by atoms with Crippen molar-refractivity contribution in [1.29, 1.82) is 0 Å². The smallest absolute Gasteiger partial charge is 0.162 e. The molecule has 1 unspecified atom stereocenters. The van der Waals surface area contributed by atoms with Crippen LogP contribution >= 0.6 is 12.2 Å². The standard InChI is InChI=1S/C26H32N2O2S/c1-16(2)22-15-20(9-8-10-24(22)29)18(5)28(19(6)31)23-11-12-25(30-7)26-21(23)13-14-27(26)17(3)4/h8,10-17,22H,5,9H2,1-4,6-7H3. The number of hydrogen-bond acceptors (Lipinski definition) is 3. The van der Waals surface area contributed by atoms with Crippen LogP contribution in [0.4, 0.5) is 5.69 Å². The van der Waals surface area contributed by atoms with Crippen LogP contribution < -0.4 is 9.64 Å². The molecule has 5 heteroatoms. The summed E-state index contributed by atoms with van der Waals surface area (Å²) in [7, 11) is 1.69. The minimum absolute atomic E-state index is 0.143. The van der Waals surface area contributed by atoms with Crippen molar-refractivity contribution in [2.45, 2.75) is 47.1 Å². The second kappa shape index (κ2) is 9.23. The maximum atomic E-state index is 12.5. The molecule has 2 aromatic rings. The summed E-state index contributed by atoms with van der Waals surface area (Å²) in [6.07, 6.45) is 8.43. The molecule has 4 nitrogen and oxygen atoms in total. The molecular weight excluding hydrogens is 404 g/mol. The molecule has 1 aromatic carbocycles. The number of benzene rings is 1. The predicted octanol–water partition coefficient (Wildman–Crippen LogP) is 6.63. The normalized spacial score (nSPS) is 16.6. The maximum absolute atomic E-state index is 12.5. The first-order chi connectivity index (χ1) is 14.7. The van der Waals surface area contributed by atoms with Crippen LogP contribution in [0.5, 0.6) is 5.75 Å². The van der Waals surface area contributed by atoms with Gasteiger partial charge in [0.05, 0.1) is 23.3 Å². The molecule has 0 amide bonds. The minimum atomic E-state index is -0.157. The van der Waals surface area contributed by atoms with Crippen molar-refractivity contribution in [1.82, 2.24) is 4.57 Å². The number of fused-ring (bicyclic) bond motifs is 1. The highest BCUT2D eigenvalue weighted by molar-refractivity contribution is 7.80. The number of ketones is 1. The minimum Gasteiger partial charge on any atom is -0.495 e. The van der Waals surface area contributed by atoms with Crippen molar-refractivity contribution >= 4 is 39.6 Å². The first-order valence-corrected chi connectivity index (χ1v) is 11.2. The van der Waals surface area contributed by atoms with Crippen LogP contribution in [0.15, 0.2) is 60.5 Å². The molecule has 31 heavy (non-hydrogen) atoms. The predicted molar refractivity (Wildman–Crippen MR) is 134 cm³/mol. The molecular formula is C26H32N2O2S. The molecule has 0 fully saturated rings. The Balaban J connectivity index is 2.15. The van der Waals surface area contributed by atoms with Gasteiger partial charge in [0, 0.05) is 29.2 Å². The average molecular weight is 437 g/mol. The molecule has 0 saturated carbocycles. The van der Waals surface area contributed by atoms with E-state index in [9.17, 15) is 4.79 Å². The Bertz CT molecular complexity index is 1090. The Morgan fingerprint density at radius 1 is 1.26 bits per heavy atom. The average Bonchev–Trinajstić information content (AvgIpc) is 3.06. The number of carbonyl (C=O) groups is 1. The van der Waals surface area contributed by atoms with Gasteiger partial charge in [-0.2, -0.15) is 0 Å². The van der Waals surface area contributed by atoms with E-state index in [-0.39, 0.29) is 17.6 Å². The fourth-order valence-electron chi connectivity index (χ4n) is 4.19. The van der Waals surface area contributed by atoms with E-state index in [2.05, 4.69) is 57.2 Å². The molecule has 0 radical (unpaired) electrons. The van der Waals surface area contributed by atoms with Crippen molar-refractivity contribution in [3.05, 3.63) is 60.5 Å². The highest BCUT2D eigenvalue weighted by atomic mass is 32.1. The quantitative estimate of drug-likeness (QED) is 0.476. The summed E-state index contributed by atoms with van der Waals surface area (Å²) in [5.74, 6) is 1.03. The Morgan fingerprint density at radius 3 is 2.55 bits per heavy atom. The van der Waals surface area contributed by atoms with E-state index in [0.29, 0.717) is 17.5 Å². The zero-order valence-electron chi connectivity index (χ0n) is 19.3. The zero-order valence-corrected chi connectivity index (χ0v) is 20.1. The van der Waals surface area contributed by atoms with Crippen LogP contribution in [0.2, 0.25) is 0 Å². The third kappa shape index (κ3) is 4.38. The van der Waals surface area contributed by atoms with Gasteiger partial charge in [0.25, 0.3) is 0 Å². The third-order valence-corrected chi connectivity index (χ3v) is 6.02. The molecule has 1 heterocycles. The molecule has 1 atom stereocenters. The molecule has 1 aliphatic carbocycles. The van der Waals surface area contributed by atoms with E-state index in [1.165, 1.54) is 0 Å². The van der Waals surface area contributed by atoms with Gasteiger partial charge in [-0.25, -0.2) is 0 Å². The van der Waals surface area contributed by atoms with Crippen molar-refractivity contribution in [2.24, 2.45) is 11.8 Å². The van der Waals surface area contributed by atoms with Crippen molar-refractivity contribution in [3.8, 4) is 5.75 Å². The number of nitrogens with zero attached hydrogens (tertiary/aromatic N) is 2. The lowest BCUT2D eigenvalue weighted by molar-refractivity contribution is -0.117. The number of rotatable bonds is 6. The highest BCUT2D eigenvalue weighted by Crippen LogP contribution is 2.39. The van der Waals surface area contributed by atoms with Crippen LogP contribution in [0, 0.1) is 11.8 Å². The van der Waals surface area contributed by atoms with Crippen LogP contribution in [0.1, 0.15) is 47.1 Å². The lowest BCUT2D eigenvalue weighted by Gasteiger charge is -2.29. The first-order valence-electron chi connectivity index (χ1n) is 10.8. The lowest BCUT2D eigenvalue weighted by atomic mass is 9.90. The van der Waals surface area contributed by atoms with Crippen LogP contribution in [-0.2, 0) is 4.79 Å². The van der Waals surface area contributed by atoms with Crippen molar-refractivity contribution in [2.75, 3.05) is 12.0 Å². The number of methoxy groups -OCH3 is 1. The van der Waals surface area contributed by atoms with Crippen LogP contribution in [0.25, 0.3) is 10.9 Å². The largest absolute Gasteiger partial charge is 0.495 e. The fourth-order valence-corrected chi connectivity index (χ4v) is 4.40. The molecule has 0 bridgehead atoms. The first kappa shape index (κ1) is 23.0. The van der Waals surface area contributed by atoms with E-state index in [4.69, 9.17) is 17.0 Å². The van der Waals surface area contributed by atoms with Gasteiger partial charge in [-0.1, -0.05) is 44.8 Å². The van der Waals surface area contributed by atoms with Gasteiger partial charge in [0.15, 0.2) is 5.78 Å². The number of aromatic nitrogens is 1. The highest BCUT2D eigenvalue weighted by Gasteiger charge is 2.25. The Kier molecular flexibility index (Phi) is 6.85. The van der Waals surface area contributed by atoms with Gasteiger partial charge in [0.1, 0.15) is 5.75 Å². The molecule has 1 aliphatic rings. The van der Waals surface area contributed by atoms with Gasteiger partial charge < -0.3 is 14.2 Å². The zero-order chi connectivity index (χ0) is 22.9. The van der Waals surface area contributed by atoms with E-state index < -0.39 is 0 Å². The summed E-state index contributed by atoms with van der Waals surface area (Å²) in [6.45, 7) is 14.8. The van der Waals surface area contributed by atoms with E-state index >= 15 is 0 Å². The SMILES string of the molecule is C=C(C1=CC(C(C)C)C(=O)C=CC1)N(C(C)=S)c1ccc(OC)c2c1ccn2C(C)C. The summed E-state index contributed by atoms with van der Waals surface area (Å²) in [6, 6.07) is 6.41. The van der Waals surface area contributed by atoms with Gasteiger partial charge in [-0.3, -0.25) is 4.79 Å². The summed E-state index contributed by atoms with van der Waals surface area (Å²) < 4.78 is 7.87. The van der Waals surface area contributed by atoms with Gasteiger partial charge in [-0.15, -0.1) is 0 Å². The molecule has 0 N–H and O–H groups in total. The second-order valence-electron chi connectivity index (χ2n) is 8.64. The molecule has 0 saturated heterocycles. The molecule has 3 rings (SSSR count). The van der Waals surface area contributed by atoms with Gasteiger partial charge >= 0.3 is 0 Å². The Morgan fingerprint density at radius 2 is 1.97 bits per heavy atom. The van der Waals surface area contributed by atoms with Crippen molar-refractivity contribution < 1.29 is 9.53 Å². The fraction of sp³-hybridized carbons (Fsp3) is 0.385. The molecule has 164 valence electrons. The van der Waals surface area contributed by atoms with Gasteiger partial charge in [-0.05, 0) is 63.0 Å². The van der Waals surface area contributed by atoms with Gasteiger partial charge in [0.2, 0.25) is 0 Å². The molecule has 1 aromatic heterocycles. The Labute approximate surface area is 190 Å². The number of carbonyl (C=O) groups excluding carboxylic acids is 1. The summed E-state index contributed by atoms with van der Waals surface area (Å²) in [4.78, 5) is 15.2. The van der Waals surface area contributed by atoms with Crippen LogP contribution in [0.3, 0.4) is 0 Å². The molecule has 0 spiro atoms. The number of thiocarbonyl (C=S) groups is 1. The van der Waals surface area contributed by atoms with Crippen molar-refractivity contribution in [3.63, 3.8) is 0 Å².